The molecule has 0 heterocycles. The van der Waals surface area contributed by atoms with Gasteiger partial charge in [0.25, 0.3) is 0 Å². The molecule has 0 spiro atoms. The van der Waals surface area contributed by atoms with Gasteiger partial charge in [0.15, 0.2) is 11.6 Å². The normalized spacial score (nSPS) is 13.0. The number of rotatable bonds is 2. The van der Waals surface area contributed by atoms with E-state index in [1.165, 1.54) is 6.07 Å². The average molecular weight is 250 g/mol. The third kappa shape index (κ3) is 2.25. The number of nitrogens with one attached hydrogen (secondary N) is 1. The van der Waals surface area contributed by atoms with Gasteiger partial charge >= 0.3 is 0 Å². The third-order valence-corrected chi connectivity index (χ3v) is 2.63. The van der Waals surface area contributed by atoms with Gasteiger partial charge in [-0.05, 0) is 31.7 Å². The van der Waals surface area contributed by atoms with Crippen LogP contribution in [-0.2, 0) is 0 Å². The smallest absolute Gasteiger partial charge is 0.159 e. The van der Waals surface area contributed by atoms with Gasteiger partial charge < -0.3 is 5.32 Å². The lowest BCUT2D eigenvalue weighted by molar-refractivity contribution is 0.502. The largest absolute Gasteiger partial charge is 0.313 e. The number of benzene rings is 1. The summed E-state index contributed by atoms with van der Waals surface area (Å²) in [6.07, 6.45) is 0. The van der Waals surface area contributed by atoms with E-state index in [-0.39, 0.29) is 6.04 Å². The first-order valence-corrected chi connectivity index (χ1v) is 4.67. The first kappa shape index (κ1) is 10.6. The highest BCUT2D eigenvalue weighted by Gasteiger charge is 2.11. The van der Waals surface area contributed by atoms with Crippen LogP contribution in [0, 0.1) is 11.6 Å². The first-order valence-electron chi connectivity index (χ1n) is 3.88. The minimum Gasteiger partial charge on any atom is -0.313 e. The van der Waals surface area contributed by atoms with Gasteiger partial charge in [0.2, 0.25) is 0 Å². The Bertz CT molecular complexity index is 315. The lowest BCUT2D eigenvalue weighted by atomic mass is 10.1. The summed E-state index contributed by atoms with van der Waals surface area (Å²) in [7, 11) is 1.76. The number of hydrogen-bond donors (Lipinski definition) is 1. The van der Waals surface area contributed by atoms with Gasteiger partial charge in [0.05, 0.1) is 0 Å². The molecular formula is C9H10BrF2N. The molecule has 0 saturated carbocycles. The van der Waals surface area contributed by atoms with Gasteiger partial charge in [0.1, 0.15) is 0 Å². The Hall–Kier alpha value is -0.480. The van der Waals surface area contributed by atoms with Crippen LogP contribution in [0.25, 0.3) is 0 Å². The lowest BCUT2D eigenvalue weighted by Crippen LogP contribution is -2.13. The van der Waals surface area contributed by atoms with Crippen molar-refractivity contribution >= 4 is 15.9 Å². The van der Waals surface area contributed by atoms with Crippen molar-refractivity contribution < 1.29 is 8.78 Å². The topological polar surface area (TPSA) is 12.0 Å². The predicted molar refractivity (Wildman–Crippen MR) is 51.5 cm³/mol. The zero-order valence-electron chi connectivity index (χ0n) is 7.37. The summed E-state index contributed by atoms with van der Waals surface area (Å²) in [4.78, 5) is 0. The second-order valence-electron chi connectivity index (χ2n) is 2.80. The Kier molecular flexibility index (Phi) is 3.39. The highest BCUT2D eigenvalue weighted by molar-refractivity contribution is 9.10. The molecule has 1 rings (SSSR count). The van der Waals surface area contributed by atoms with Crippen LogP contribution >= 0.6 is 15.9 Å². The van der Waals surface area contributed by atoms with E-state index in [2.05, 4.69) is 21.2 Å². The second-order valence-corrected chi connectivity index (χ2v) is 3.65. The van der Waals surface area contributed by atoms with Crippen molar-refractivity contribution in [3.63, 3.8) is 0 Å². The van der Waals surface area contributed by atoms with Crippen LogP contribution < -0.4 is 5.32 Å². The standard InChI is InChI=1S/C9H10BrF2N/c1-5(13-2)6-3-8(11)9(12)4-7(6)10/h3-5,13H,1-2H3/t5-/m0/s1. The molecular weight excluding hydrogens is 240 g/mol. The Morgan fingerprint density at radius 1 is 1.31 bits per heavy atom. The molecule has 4 heteroatoms. The van der Waals surface area contributed by atoms with Crippen molar-refractivity contribution in [1.29, 1.82) is 0 Å². The van der Waals surface area contributed by atoms with Crippen molar-refractivity contribution in [3.8, 4) is 0 Å². The monoisotopic (exact) mass is 249 g/mol. The Balaban J connectivity index is 3.15. The van der Waals surface area contributed by atoms with Crippen molar-refractivity contribution in [1.82, 2.24) is 5.32 Å². The van der Waals surface area contributed by atoms with Crippen LogP contribution in [-0.4, -0.2) is 7.05 Å². The van der Waals surface area contributed by atoms with E-state index in [9.17, 15) is 8.78 Å². The molecule has 13 heavy (non-hydrogen) atoms. The van der Waals surface area contributed by atoms with Gasteiger partial charge in [-0.15, -0.1) is 0 Å². The molecule has 0 aliphatic carbocycles. The first-order chi connectivity index (χ1) is 6.06. The van der Waals surface area contributed by atoms with Gasteiger partial charge in [0, 0.05) is 10.5 Å². The second kappa shape index (κ2) is 4.15. The summed E-state index contributed by atoms with van der Waals surface area (Å²) in [5.41, 5.74) is 0.710. The van der Waals surface area contributed by atoms with Crippen LogP contribution in [0.2, 0.25) is 0 Å². The number of hydrogen-bond acceptors (Lipinski definition) is 1. The van der Waals surface area contributed by atoms with Crippen molar-refractivity contribution in [3.05, 3.63) is 33.8 Å². The zero-order valence-corrected chi connectivity index (χ0v) is 8.95. The minimum absolute atomic E-state index is 0.00975. The minimum atomic E-state index is -0.834. The summed E-state index contributed by atoms with van der Waals surface area (Å²) in [5.74, 6) is -1.65. The zero-order chi connectivity index (χ0) is 10.0. The lowest BCUT2D eigenvalue weighted by Gasteiger charge is -2.12. The summed E-state index contributed by atoms with van der Waals surface area (Å²) < 4.78 is 26.1. The maximum Gasteiger partial charge on any atom is 0.159 e. The molecule has 0 saturated heterocycles. The van der Waals surface area contributed by atoms with Crippen LogP contribution in [0.1, 0.15) is 18.5 Å². The van der Waals surface area contributed by atoms with E-state index < -0.39 is 11.6 Å². The maximum atomic E-state index is 12.8. The highest BCUT2D eigenvalue weighted by atomic mass is 79.9. The molecule has 0 radical (unpaired) electrons. The van der Waals surface area contributed by atoms with Crippen LogP contribution in [0.5, 0.6) is 0 Å². The van der Waals surface area contributed by atoms with E-state index in [1.54, 1.807) is 7.05 Å². The molecule has 1 atom stereocenters. The van der Waals surface area contributed by atoms with E-state index in [0.29, 0.717) is 10.0 Å². The molecule has 0 fully saturated rings. The van der Waals surface area contributed by atoms with Gasteiger partial charge in [-0.2, -0.15) is 0 Å². The molecule has 0 aromatic heterocycles. The highest BCUT2D eigenvalue weighted by Crippen LogP contribution is 2.25. The maximum absolute atomic E-state index is 12.8. The van der Waals surface area contributed by atoms with E-state index in [4.69, 9.17) is 0 Å². The molecule has 0 amide bonds. The van der Waals surface area contributed by atoms with Crippen molar-refractivity contribution in [2.24, 2.45) is 0 Å². The molecule has 0 aliphatic rings. The fourth-order valence-electron chi connectivity index (χ4n) is 1.03. The predicted octanol–water partition coefficient (Wildman–Crippen LogP) is 3.01. The Labute approximate surface area is 84.3 Å². The van der Waals surface area contributed by atoms with Crippen LogP contribution in [0.15, 0.2) is 16.6 Å². The molecule has 1 nitrogen and oxygen atoms in total. The van der Waals surface area contributed by atoms with Crippen LogP contribution in [0.3, 0.4) is 0 Å². The van der Waals surface area contributed by atoms with Gasteiger partial charge in [-0.1, -0.05) is 15.9 Å². The molecule has 0 aliphatic heterocycles. The molecule has 0 unspecified atom stereocenters. The fraction of sp³-hybridized carbons (Fsp3) is 0.333. The Morgan fingerprint density at radius 3 is 2.38 bits per heavy atom. The van der Waals surface area contributed by atoms with Crippen LogP contribution in [0.4, 0.5) is 8.78 Å². The SMILES string of the molecule is CN[C@@H](C)c1cc(F)c(F)cc1Br. The fourth-order valence-corrected chi connectivity index (χ4v) is 1.68. The summed E-state index contributed by atoms with van der Waals surface area (Å²) >= 11 is 3.18. The summed E-state index contributed by atoms with van der Waals surface area (Å²) in [6, 6.07) is 2.32. The molecule has 72 valence electrons. The molecule has 1 aromatic carbocycles. The molecule has 1 N–H and O–H groups in total. The quantitative estimate of drug-likeness (QED) is 0.795. The van der Waals surface area contributed by atoms with E-state index in [0.717, 1.165) is 6.07 Å². The Morgan fingerprint density at radius 2 is 1.85 bits per heavy atom. The summed E-state index contributed by atoms with van der Waals surface area (Å²) in [5, 5.41) is 2.95. The van der Waals surface area contributed by atoms with Gasteiger partial charge in [-0.25, -0.2) is 8.78 Å². The third-order valence-electron chi connectivity index (χ3n) is 1.94. The van der Waals surface area contributed by atoms with E-state index in [1.807, 2.05) is 6.92 Å². The summed E-state index contributed by atoms with van der Waals surface area (Å²) in [6.45, 7) is 1.87. The molecule has 1 aromatic rings. The average Bonchev–Trinajstić information content (AvgIpc) is 2.10. The molecule has 0 bridgehead atoms. The van der Waals surface area contributed by atoms with Crippen molar-refractivity contribution in [2.45, 2.75) is 13.0 Å². The van der Waals surface area contributed by atoms with Gasteiger partial charge in [-0.3, -0.25) is 0 Å². The van der Waals surface area contributed by atoms with E-state index >= 15 is 0 Å². The van der Waals surface area contributed by atoms with Crippen molar-refractivity contribution in [2.75, 3.05) is 7.05 Å². The number of halogens is 3.